The lowest BCUT2D eigenvalue weighted by Crippen LogP contribution is -2.20. The SMILES string of the molecule is CCSCC(C)Nc1cc(C)ncc1C(=O)O. The van der Waals surface area contributed by atoms with Gasteiger partial charge >= 0.3 is 5.97 Å². The number of carbonyl (C=O) groups is 1. The minimum atomic E-state index is -0.949. The van der Waals surface area contributed by atoms with E-state index in [2.05, 4.69) is 17.2 Å². The number of hydrogen-bond donors (Lipinski definition) is 2. The Morgan fingerprint density at radius 1 is 1.65 bits per heavy atom. The van der Waals surface area contributed by atoms with Crippen LogP contribution in [0.2, 0.25) is 0 Å². The van der Waals surface area contributed by atoms with Gasteiger partial charge in [0, 0.05) is 23.7 Å². The molecule has 0 spiro atoms. The highest BCUT2D eigenvalue weighted by Crippen LogP contribution is 2.17. The number of aromatic nitrogens is 1. The monoisotopic (exact) mass is 254 g/mol. The summed E-state index contributed by atoms with van der Waals surface area (Å²) in [5, 5.41) is 12.3. The second kappa shape index (κ2) is 6.49. The predicted octanol–water partition coefficient (Wildman–Crippen LogP) is 2.64. The highest BCUT2D eigenvalue weighted by molar-refractivity contribution is 7.99. The first-order valence-corrected chi connectivity index (χ1v) is 6.74. The van der Waals surface area contributed by atoms with E-state index in [4.69, 9.17) is 5.11 Å². The Balaban J connectivity index is 2.81. The number of nitrogens with one attached hydrogen (secondary N) is 1. The molecule has 0 aliphatic rings. The normalized spacial score (nSPS) is 12.2. The lowest BCUT2D eigenvalue weighted by Gasteiger charge is -2.16. The molecule has 0 fully saturated rings. The maximum absolute atomic E-state index is 11.0. The van der Waals surface area contributed by atoms with Crippen LogP contribution >= 0.6 is 11.8 Å². The van der Waals surface area contributed by atoms with Crippen LogP contribution in [-0.2, 0) is 0 Å². The van der Waals surface area contributed by atoms with E-state index in [0.717, 1.165) is 17.2 Å². The number of aromatic carboxylic acids is 1. The Kier molecular flexibility index (Phi) is 5.28. The molecule has 1 atom stereocenters. The van der Waals surface area contributed by atoms with Gasteiger partial charge < -0.3 is 10.4 Å². The summed E-state index contributed by atoms with van der Waals surface area (Å²) in [6.45, 7) is 6.00. The van der Waals surface area contributed by atoms with Crippen LogP contribution in [0.25, 0.3) is 0 Å². The Bertz CT molecular complexity index is 396. The Morgan fingerprint density at radius 3 is 2.94 bits per heavy atom. The van der Waals surface area contributed by atoms with Crippen molar-refractivity contribution in [2.75, 3.05) is 16.8 Å². The molecule has 0 aliphatic heterocycles. The summed E-state index contributed by atoms with van der Waals surface area (Å²) in [6, 6.07) is 2.01. The molecule has 0 amide bonds. The molecule has 4 nitrogen and oxygen atoms in total. The second-order valence-electron chi connectivity index (χ2n) is 3.88. The number of nitrogens with zero attached hydrogens (tertiary/aromatic N) is 1. The van der Waals surface area contributed by atoms with E-state index in [-0.39, 0.29) is 11.6 Å². The Morgan fingerprint density at radius 2 is 2.35 bits per heavy atom. The van der Waals surface area contributed by atoms with E-state index in [1.165, 1.54) is 6.20 Å². The van der Waals surface area contributed by atoms with Crippen molar-refractivity contribution in [3.63, 3.8) is 0 Å². The maximum Gasteiger partial charge on any atom is 0.339 e. The predicted molar refractivity (Wildman–Crippen MR) is 72.0 cm³/mol. The van der Waals surface area contributed by atoms with Gasteiger partial charge in [0.25, 0.3) is 0 Å². The number of thioether (sulfide) groups is 1. The van der Waals surface area contributed by atoms with Crippen LogP contribution in [0.3, 0.4) is 0 Å². The van der Waals surface area contributed by atoms with Crippen molar-refractivity contribution >= 4 is 23.4 Å². The van der Waals surface area contributed by atoms with Crippen molar-refractivity contribution in [2.45, 2.75) is 26.8 Å². The summed E-state index contributed by atoms with van der Waals surface area (Å²) in [4.78, 5) is 15.0. The van der Waals surface area contributed by atoms with Crippen molar-refractivity contribution in [3.8, 4) is 0 Å². The molecule has 0 saturated heterocycles. The topological polar surface area (TPSA) is 62.2 Å². The number of hydrogen-bond acceptors (Lipinski definition) is 4. The van der Waals surface area contributed by atoms with Crippen LogP contribution in [0.5, 0.6) is 0 Å². The molecule has 0 aliphatic carbocycles. The first-order valence-electron chi connectivity index (χ1n) is 5.58. The number of carboxylic acid groups (broad SMARTS) is 1. The molecule has 5 heteroatoms. The van der Waals surface area contributed by atoms with E-state index in [1.807, 2.05) is 25.6 Å². The van der Waals surface area contributed by atoms with Gasteiger partial charge in [0.15, 0.2) is 0 Å². The van der Waals surface area contributed by atoms with E-state index in [9.17, 15) is 4.79 Å². The smallest absolute Gasteiger partial charge is 0.339 e. The molecule has 1 heterocycles. The average Bonchev–Trinajstić information content (AvgIpc) is 2.26. The molecule has 17 heavy (non-hydrogen) atoms. The lowest BCUT2D eigenvalue weighted by molar-refractivity contribution is 0.0697. The highest BCUT2D eigenvalue weighted by Gasteiger charge is 2.12. The molecule has 1 aromatic heterocycles. The molecule has 2 N–H and O–H groups in total. The van der Waals surface area contributed by atoms with E-state index < -0.39 is 5.97 Å². The van der Waals surface area contributed by atoms with E-state index >= 15 is 0 Å². The third kappa shape index (κ3) is 4.26. The zero-order valence-corrected chi connectivity index (χ0v) is 11.2. The highest BCUT2D eigenvalue weighted by atomic mass is 32.2. The minimum absolute atomic E-state index is 0.226. The van der Waals surface area contributed by atoms with Gasteiger partial charge in [-0.05, 0) is 25.7 Å². The summed E-state index contributed by atoms with van der Waals surface area (Å²) >= 11 is 1.83. The van der Waals surface area contributed by atoms with E-state index in [0.29, 0.717) is 5.69 Å². The van der Waals surface area contributed by atoms with Gasteiger partial charge in [0.05, 0.1) is 5.69 Å². The summed E-state index contributed by atoms with van der Waals surface area (Å²) in [6.07, 6.45) is 1.40. The fourth-order valence-electron chi connectivity index (χ4n) is 1.45. The summed E-state index contributed by atoms with van der Waals surface area (Å²) in [5.41, 5.74) is 1.69. The van der Waals surface area contributed by atoms with Gasteiger partial charge in [0.2, 0.25) is 0 Å². The molecule has 94 valence electrons. The Hall–Kier alpha value is -1.23. The van der Waals surface area contributed by atoms with Crippen LogP contribution < -0.4 is 5.32 Å². The molecular formula is C12H18N2O2S. The molecule has 1 aromatic rings. The molecular weight excluding hydrogens is 236 g/mol. The van der Waals surface area contributed by atoms with Crippen molar-refractivity contribution in [1.82, 2.24) is 4.98 Å². The number of pyridine rings is 1. The molecule has 1 rings (SSSR count). The second-order valence-corrected chi connectivity index (χ2v) is 5.20. The quantitative estimate of drug-likeness (QED) is 0.817. The molecule has 0 radical (unpaired) electrons. The van der Waals surface area contributed by atoms with Gasteiger partial charge in [-0.1, -0.05) is 6.92 Å². The van der Waals surface area contributed by atoms with Crippen molar-refractivity contribution < 1.29 is 9.90 Å². The minimum Gasteiger partial charge on any atom is -0.478 e. The van der Waals surface area contributed by atoms with Crippen LogP contribution in [0.4, 0.5) is 5.69 Å². The van der Waals surface area contributed by atoms with Gasteiger partial charge in [0.1, 0.15) is 5.56 Å². The van der Waals surface area contributed by atoms with Crippen molar-refractivity contribution in [3.05, 3.63) is 23.5 Å². The third-order valence-electron chi connectivity index (χ3n) is 2.24. The third-order valence-corrected chi connectivity index (χ3v) is 3.39. The first-order chi connectivity index (χ1) is 8.04. The number of rotatable bonds is 6. The number of anilines is 1. The zero-order chi connectivity index (χ0) is 12.8. The largest absolute Gasteiger partial charge is 0.478 e. The Labute approximate surface area is 106 Å². The molecule has 0 saturated carbocycles. The fraction of sp³-hybridized carbons (Fsp3) is 0.500. The van der Waals surface area contributed by atoms with E-state index in [1.54, 1.807) is 6.07 Å². The van der Waals surface area contributed by atoms with Gasteiger partial charge in [-0.25, -0.2) is 4.79 Å². The zero-order valence-electron chi connectivity index (χ0n) is 10.4. The van der Waals surface area contributed by atoms with Crippen molar-refractivity contribution in [1.29, 1.82) is 0 Å². The first kappa shape index (κ1) is 13.8. The summed E-state index contributed by atoms with van der Waals surface area (Å²) in [5.74, 6) is 1.07. The number of aryl methyl sites for hydroxylation is 1. The summed E-state index contributed by atoms with van der Waals surface area (Å²) < 4.78 is 0. The van der Waals surface area contributed by atoms with Crippen LogP contribution in [0.1, 0.15) is 29.9 Å². The fourth-order valence-corrected chi connectivity index (χ4v) is 2.12. The maximum atomic E-state index is 11.0. The molecule has 1 unspecified atom stereocenters. The lowest BCUT2D eigenvalue weighted by atomic mass is 10.2. The summed E-state index contributed by atoms with van der Waals surface area (Å²) in [7, 11) is 0. The van der Waals surface area contributed by atoms with Gasteiger partial charge in [-0.15, -0.1) is 0 Å². The van der Waals surface area contributed by atoms with Gasteiger partial charge in [-0.3, -0.25) is 4.98 Å². The van der Waals surface area contributed by atoms with Gasteiger partial charge in [-0.2, -0.15) is 11.8 Å². The van der Waals surface area contributed by atoms with Crippen molar-refractivity contribution in [2.24, 2.45) is 0 Å². The average molecular weight is 254 g/mol. The molecule has 0 aromatic carbocycles. The van der Waals surface area contributed by atoms with Crippen LogP contribution in [0, 0.1) is 6.92 Å². The standard InChI is InChI=1S/C12H18N2O2S/c1-4-17-7-9(3)14-11-5-8(2)13-6-10(11)12(15)16/h5-6,9H,4,7H2,1-3H3,(H,13,14)(H,15,16). The molecule has 0 bridgehead atoms. The van der Waals surface area contributed by atoms with Crippen LogP contribution in [0.15, 0.2) is 12.3 Å². The number of carboxylic acids is 1. The van der Waals surface area contributed by atoms with Crippen LogP contribution in [-0.4, -0.2) is 33.6 Å².